The van der Waals surface area contributed by atoms with Crippen molar-refractivity contribution in [2.75, 3.05) is 20.1 Å². The van der Waals surface area contributed by atoms with Crippen LogP contribution in [0.25, 0.3) is 0 Å². The molecule has 1 saturated heterocycles. The van der Waals surface area contributed by atoms with Crippen molar-refractivity contribution in [1.29, 1.82) is 0 Å². The molecule has 1 aromatic rings. The Morgan fingerprint density at radius 3 is 2.90 bits per heavy atom. The monoisotopic (exact) mass is 316 g/mol. The van der Waals surface area contributed by atoms with Gasteiger partial charge in [0.25, 0.3) is 0 Å². The minimum Gasteiger partial charge on any atom is -0.320 e. The van der Waals surface area contributed by atoms with Crippen LogP contribution in [-0.2, 0) is 10.0 Å². The molecule has 1 N–H and O–H groups in total. The van der Waals surface area contributed by atoms with Crippen LogP contribution >= 0.6 is 11.6 Å². The third kappa shape index (κ3) is 3.52. The Hall–Kier alpha value is -0.620. The number of nitrogens with one attached hydrogen (secondary N) is 1. The Labute approximate surface area is 126 Å². The molecule has 0 aromatic heterocycles. The fraction of sp³-hybridized carbons (Fsp3) is 0.571. The molecule has 1 atom stereocenters. The molecule has 1 heterocycles. The summed E-state index contributed by atoms with van der Waals surface area (Å²) in [5.41, 5.74) is 0. The van der Waals surface area contributed by atoms with E-state index in [1.165, 1.54) is 6.07 Å². The van der Waals surface area contributed by atoms with E-state index in [1.807, 2.05) is 7.05 Å². The van der Waals surface area contributed by atoms with E-state index in [0.717, 1.165) is 32.2 Å². The van der Waals surface area contributed by atoms with Crippen molar-refractivity contribution < 1.29 is 8.42 Å². The van der Waals surface area contributed by atoms with Crippen molar-refractivity contribution in [1.82, 2.24) is 9.62 Å². The predicted molar refractivity (Wildman–Crippen MR) is 81.5 cm³/mol. The first-order valence-corrected chi connectivity index (χ1v) is 8.79. The lowest BCUT2D eigenvalue weighted by atomic mass is 10.0. The van der Waals surface area contributed by atoms with Crippen LogP contribution < -0.4 is 5.32 Å². The number of sulfonamides is 1. The van der Waals surface area contributed by atoms with E-state index in [9.17, 15) is 8.42 Å². The number of hydrogen-bond acceptors (Lipinski definition) is 3. The third-order valence-electron chi connectivity index (χ3n) is 3.70. The van der Waals surface area contributed by atoms with E-state index in [2.05, 4.69) is 5.32 Å². The van der Waals surface area contributed by atoms with Crippen LogP contribution in [0, 0.1) is 0 Å². The molecule has 0 amide bonds. The molecule has 1 aromatic carbocycles. The maximum absolute atomic E-state index is 12.8. The highest BCUT2D eigenvalue weighted by Gasteiger charge is 2.33. The molecule has 0 saturated carbocycles. The van der Waals surface area contributed by atoms with Gasteiger partial charge in [-0.2, -0.15) is 4.31 Å². The highest BCUT2D eigenvalue weighted by Crippen LogP contribution is 2.27. The van der Waals surface area contributed by atoms with Gasteiger partial charge in [-0.05, 0) is 51.1 Å². The third-order valence-corrected chi connectivity index (χ3v) is 5.89. The molecule has 1 aliphatic heterocycles. The molecule has 2 rings (SSSR count). The lowest BCUT2D eigenvalue weighted by Crippen LogP contribution is -2.44. The zero-order chi connectivity index (χ0) is 14.6. The van der Waals surface area contributed by atoms with Gasteiger partial charge in [0.1, 0.15) is 0 Å². The number of halogens is 1. The first-order valence-electron chi connectivity index (χ1n) is 6.97. The summed E-state index contributed by atoms with van der Waals surface area (Å²) in [5.74, 6) is 0. The average molecular weight is 317 g/mol. The van der Waals surface area contributed by atoms with Gasteiger partial charge in [0.2, 0.25) is 10.0 Å². The second-order valence-corrected chi connectivity index (χ2v) is 7.44. The maximum Gasteiger partial charge on any atom is 0.243 e. The standard InChI is InChI=1S/C14H21ClN2O2S/c1-16-9-8-13-6-2-3-10-17(13)20(18,19)14-7-4-5-12(15)11-14/h4-5,7,11,13,16H,2-3,6,8-10H2,1H3. The van der Waals surface area contributed by atoms with Gasteiger partial charge < -0.3 is 5.32 Å². The van der Waals surface area contributed by atoms with Crippen LogP contribution in [0.1, 0.15) is 25.7 Å². The van der Waals surface area contributed by atoms with Gasteiger partial charge in [-0.15, -0.1) is 0 Å². The van der Waals surface area contributed by atoms with Crippen LogP contribution in [0.5, 0.6) is 0 Å². The van der Waals surface area contributed by atoms with Crippen LogP contribution in [0.2, 0.25) is 5.02 Å². The molecule has 4 nitrogen and oxygen atoms in total. The number of piperidine rings is 1. The van der Waals surface area contributed by atoms with E-state index in [1.54, 1.807) is 22.5 Å². The lowest BCUT2D eigenvalue weighted by molar-refractivity contribution is 0.240. The zero-order valence-electron chi connectivity index (χ0n) is 11.7. The summed E-state index contributed by atoms with van der Waals surface area (Å²) >= 11 is 5.92. The van der Waals surface area contributed by atoms with Crippen molar-refractivity contribution in [3.05, 3.63) is 29.3 Å². The Morgan fingerprint density at radius 1 is 1.40 bits per heavy atom. The van der Waals surface area contributed by atoms with Crippen molar-refractivity contribution in [2.24, 2.45) is 0 Å². The Bertz CT molecular complexity index is 548. The predicted octanol–water partition coefficient (Wildman–Crippen LogP) is 2.49. The second kappa shape index (κ2) is 6.89. The van der Waals surface area contributed by atoms with E-state index in [-0.39, 0.29) is 6.04 Å². The molecule has 0 aliphatic carbocycles. The highest BCUT2D eigenvalue weighted by atomic mass is 35.5. The molecule has 112 valence electrons. The minimum atomic E-state index is -3.44. The molecular formula is C14H21ClN2O2S. The summed E-state index contributed by atoms with van der Waals surface area (Å²) in [6.07, 6.45) is 3.80. The van der Waals surface area contributed by atoms with Crippen molar-refractivity contribution in [2.45, 2.75) is 36.6 Å². The van der Waals surface area contributed by atoms with Crippen LogP contribution in [0.15, 0.2) is 29.2 Å². The molecule has 1 aliphatic rings. The van der Waals surface area contributed by atoms with E-state index in [0.29, 0.717) is 16.5 Å². The first-order chi connectivity index (χ1) is 9.55. The highest BCUT2D eigenvalue weighted by molar-refractivity contribution is 7.89. The topological polar surface area (TPSA) is 49.4 Å². The van der Waals surface area contributed by atoms with Crippen LogP contribution in [-0.4, -0.2) is 38.9 Å². The molecule has 1 unspecified atom stereocenters. The van der Waals surface area contributed by atoms with Crippen LogP contribution in [0.4, 0.5) is 0 Å². The average Bonchev–Trinajstić information content (AvgIpc) is 2.45. The van der Waals surface area contributed by atoms with Gasteiger partial charge in [0.05, 0.1) is 4.90 Å². The van der Waals surface area contributed by atoms with Crippen molar-refractivity contribution in [3.8, 4) is 0 Å². The summed E-state index contributed by atoms with van der Waals surface area (Å²) in [6.45, 7) is 1.43. The molecule has 0 bridgehead atoms. The van der Waals surface area contributed by atoms with Crippen molar-refractivity contribution >= 4 is 21.6 Å². The minimum absolute atomic E-state index is 0.0835. The van der Waals surface area contributed by atoms with E-state index >= 15 is 0 Å². The van der Waals surface area contributed by atoms with Crippen molar-refractivity contribution in [3.63, 3.8) is 0 Å². The van der Waals surface area contributed by atoms with E-state index < -0.39 is 10.0 Å². The van der Waals surface area contributed by atoms with Gasteiger partial charge in [0, 0.05) is 17.6 Å². The smallest absolute Gasteiger partial charge is 0.243 e. The van der Waals surface area contributed by atoms with Crippen LogP contribution in [0.3, 0.4) is 0 Å². The second-order valence-electron chi connectivity index (χ2n) is 5.11. The fourth-order valence-corrected chi connectivity index (χ4v) is 4.68. The van der Waals surface area contributed by atoms with Gasteiger partial charge in [-0.25, -0.2) is 8.42 Å². The number of nitrogens with zero attached hydrogens (tertiary/aromatic N) is 1. The molecule has 0 radical (unpaired) electrons. The fourth-order valence-electron chi connectivity index (χ4n) is 2.65. The lowest BCUT2D eigenvalue weighted by Gasteiger charge is -2.34. The number of rotatable bonds is 5. The Balaban J connectivity index is 2.26. The first kappa shape index (κ1) is 15.8. The SMILES string of the molecule is CNCCC1CCCCN1S(=O)(=O)c1cccc(Cl)c1. The van der Waals surface area contributed by atoms with Gasteiger partial charge in [0.15, 0.2) is 0 Å². The number of benzene rings is 1. The molecule has 6 heteroatoms. The normalized spacial score (nSPS) is 21.0. The summed E-state index contributed by atoms with van der Waals surface area (Å²) in [4.78, 5) is 0.293. The molecule has 20 heavy (non-hydrogen) atoms. The largest absolute Gasteiger partial charge is 0.320 e. The quantitative estimate of drug-likeness (QED) is 0.908. The van der Waals surface area contributed by atoms with Gasteiger partial charge >= 0.3 is 0 Å². The summed E-state index contributed by atoms with van der Waals surface area (Å²) in [7, 11) is -1.56. The number of hydrogen-bond donors (Lipinski definition) is 1. The Morgan fingerprint density at radius 2 is 2.20 bits per heavy atom. The van der Waals surface area contributed by atoms with Gasteiger partial charge in [-0.1, -0.05) is 24.1 Å². The van der Waals surface area contributed by atoms with E-state index in [4.69, 9.17) is 11.6 Å². The molecular weight excluding hydrogens is 296 g/mol. The summed E-state index contributed by atoms with van der Waals surface area (Å²) < 4.78 is 27.2. The summed E-state index contributed by atoms with van der Waals surface area (Å²) in [5, 5.41) is 3.55. The van der Waals surface area contributed by atoms with Gasteiger partial charge in [-0.3, -0.25) is 0 Å². The Kier molecular flexibility index (Phi) is 5.43. The molecule has 0 spiro atoms. The zero-order valence-corrected chi connectivity index (χ0v) is 13.3. The summed E-state index contributed by atoms with van der Waals surface area (Å²) in [6, 6.07) is 6.60. The molecule has 1 fully saturated rings. The maximum atomic E-state index is 12.8.